The molecule has 3 aromatic heterocycles. The molecule has 0 spiro atoms. The van der Waals surface area contributed by atoms with Gasteiger partial charge >= 0.3 is 6.03 Å². The molecule has 0 aliphatic carbocycles. The zero-order valence-corrected chi connectivity index (χ0v) is 27.2. The summed E-state index contributed by atoms with van der Waals surface area (Å²) in [6.45, 7) is 14.4. The van der Waals surface area contributed by atoms with Crippen molar-refractivity contribution < 1.29 is 18.8 Å². The lowest BCUT2D eigenvalue weighted by Crippen LogP contribution is -2.42. The van der Waals surface area contributed by atoms with Gasteiger partial charge in [0, 0.05) is 25.5 Å². The minimum absolute atomic E-state index is 0.0856. The molecule has 1 unspecified atom stereocenters. The third-order valence-electron chi connectivity index (χ3n) is 8.40. The van der Waals surface area contributed by atoms with Gasteiger partial charge in [-0.05, 0) is 77.3 Å². The molecule has 4 heterocycles. The van der Waals surface area contributed by atoms with E-state index in [1.807, 2.05) is 13.0 Å². The number of methoxy groups -OCH3 is 1. The number of ether oxygens (including phenoxy) is 1. The molecule has 2 amide bonds. The zero-order valence-electron chi connectivity index (χ0n) is 26.2. The average molecular weight is 618 g/mol. The maximum atomic E-state index is 13.5. The van der Waals surface area contributed by atoms with Gasteiger partial charge in [-0.3, -0.25) is 9.36 Å². The molecular formula is C30H39N9O4Si. The summed E-state index contributed by atoms with van der Waals surface area (Å²) in [5, 5.41) is 15.3. The quantitative estimate of drug-likeness (QED) is 0.276. The Morgan fingerprint density at radius 1 is 1.16 bits per heavy atom. The summed E-state index contributed by atoms with van der Waals surface area (Å²) >= 11 is 0. The predicted molar refractivity (Wildman–Crippen MR) is 167 cm³/mol. The third kappa shape index (κ3) is 6.40. The first-order valence-electron chi connectivity index (χ1n) is 14.6. The fourth-order valence-electron chi connectivity index (χ4n) is 4.72. The van der Waals surface area contributed by atoms with Crippen molar-refractivity contribution in [3.05, 3.63) is 65.7 Å². The SMILES string of the molecule is COc1cc2c(cc1C(=O)Nc1cccc(-c3nnnn3C(C)CO[Si](C)(C)C(C)(C)C)n1)CN(C(=O)n1ccnc1)CC2. The average Bonchev–Trinajstić information content (AvgIpc) is 3.71. The van der Waals surface area contributed by atoms with E-state index < -0.39 is 8.32 Å². The van der Waals surface area contributed by atoms with Gasteiger partial charge in [-0.25, -0.2) is 19.4 Å². The number of aromatic nitrogens is 7. The van der Waals surface area contributed by atoms with Gasteiger partial charge in [0.05, 0.1) is 25.3 Å². The summed E-state index contributed by atoms with van der Waals surface area (Å²) in [5.74, 6) is 0.875. The van der Waals surface area contributed by atoms with Gasteiger partial charge in [0.25, 0.3) is 5.91 Å². The van der Waals surface area contributed by atoms with E-state index in [9.17, 15) is 9.59 Å². The number of hydrogen-bond acceptors (Lipinski definition) is 9. The van der Waals surface area contributed by atoms with Gasteiger partial charge in [-0.15, -0.1) is 5.10 Å². The first-order valence-corrected chi connectivity index (χ1v) is 17.5. The molecule has 0 radical (unpaired) electrons. The monoisotopic (exact) mass is 617 g/mol. The lowest BCUT2D eigenvalue weighted by Gasteiger charge is -2.36. The highest BCUT2D eigenvalue weighted by molar-refractivity contribution is 6.74. The highest BCUT2D eigenvalue weighted by Gasteiger charge is 2.37. The molecule has 13 nitrogen and oxygen atoms in total. The number of tetrazole rings is 1. The number of nitrogens with zero attached hydrogens (tertiary/aromatic N) is 8. The summed E-state index contributed by atoms with van der Waals surface area (Å²) in [5.41, 5.74) is 2.77. The van der Waals surface area contributed by atoms with E-state index in [0.717, 1.165) is 11.1 Å². The van der Waals surface area contributed by atoms with E-state index in [1.54, 1.807) is 46.2 Å². The van der Waals surface area contributed by atoms with Crippen molar-refractivity contribution in [3.8, 4) is 17.3 Å². The lowest BCUT2D eigenvalue weighted by molar-refractivity contribution is 0.102. The van der Waals surface area contributed by atoms with E-state index in [0.29, 0.717) is 54.8 Å². The van der Waals surface area contributed by atoms with Crippen LogP contribution in [0.4, 0.5) is 10.6 Å². The van der Waals surface area contributed by atoms with Crippen LogP contribution in [-0.4, -0.2) is 80.2 Å². The number of fused-ring (bicyclic) bond motifs is 1. The van der Waals surface area contributed by atoms with Gasteiger partial charge < -0.3 is 19.4 Å². The molecule has 1 aromatic carbocycles. The molecule has 0 bridgehead atoms. The number of hydrogen-bond donors (Lipinski definition) is 1. The molecule has 0 saturated heterocycles. The summed E-state index contributed by atoms with van der Waals surface area (Å²) in [6, 6.07) is 8.64. The summed E-state index contributed by atoms with van der Waals surface area (Å²) < 4.78 is 15.1. The van der Waals surface area contributed by atoms with Crippen molar-refractivity contribution in [1.82, 2.24) is 39.6 Å². The van der Waals surface area contributed by atoms with Gasteiger partial charge in [0.15, 0.2) is 8.32 Å². The van der Waals surface area contributed by atoms with Crippen LogP contribution in [-0.2, 0) is 17.4 Å². The molecule has 232 valence electrons. The van der Waals surface area contributed by atoms with E-state index in [1.165, 1.54) is 18.0 Å². The molecule has 4 aromatic rings. The first-order chi connectivity index (χ1) is 20.9. The van der Waals surface area contributed by atoms with Crippen LogP contribution in [0, 0.1) is 0 Å². The maximum absolute atomic E-state index is 13.5. The van der Waals surface area contributed by atoms with Gasteiger partial charge in [-0.2, -0.15) is 0 Å². The van der Waals surface area contributed by atoms with Crippen LogP contribution >= 0.6 is 0 Å². The van der Waals surface area contributed by atoms with Crippen molar-refractivity contribution in [2.24, 2.45) is 0 Å². The largest absolute Gasteiger partial charge is 0.496 e. The first kappa shape index (κ1) is 31.0. The zero-order chi connectivity index (χ0) is 31.6. The maximum Gasteiger partial charge on any atom is 0.329 e. The number of benzene rings is 1. The Morgan fingerprint density at radius 3 is 2.66 bits per heavy atom. The fraction of sp³-hybridized carbons (Fsp3) is 0.433. The Hall–Kier alpha value is -4.43. The Kier molecular flexibility index (Phi) is 8.66. The Balaban J connectivity index is 1.33. The molecule has 1 aliphatic heterocycles. The minimum Gasteiger partial charge on any atom is -0.496 e. The Bertz CT molecular complexity index is 1650. The number of anilines is 1. The molecule has 0 fully saturated rings. The third-order valence-corrected chi connectivity index (χ3v) is 12.9. The summed E-state index contributed by atoms with van der Waals surface area (Å²) in [6.07, 6.45) is 5.31. The van der Waals surface area contributed by atoms with Crippen LogP contribution in [0.1, 0.15) is 55.2 Å². The fourth-order valence-corrected chi connectivity index (χ4v) is 5.81. The van der Waals surface area contributed by atoms with E-state index in [4.69, 9.17) is 9.16 Å². The second-order valence-corrected chi connectivity index (χ2v) is 17.3. The van der Waals surface area contributed by atoms with Crippen molar-refractivity contribution in [2.45, 2.75) is 64.8 Å². The van der Waals surface area contributed by atoms with Gasteiger partial charge in [0.1, 0.15) is 23.6 Å². The molecule has 0 saturated carbocycles. The molecule has 1 atom stereocenters. The smallest absolute Gasteiger partial charge is 0.329 e. The standard InChI is InChI=1S/C30H39N9O4Si/c1-20(18-43-44(6,7)30(2,3)4)39-27(34-35-36-39)24-9-8-10-26(32-24)33-28(40)23-15-22-17-37(29(41)38-14-12-31-19-38)13-11-21(22)16-25(23)42-5/h8-10,12,14-16,19-20H,11,13,17-18H2,1-7H3,(H,32,33,40). The van der Waals surface area contributed by atoms with Crippen LogP contribution in [0.2, 0.25) is 18.1 Å². The molecule has 1 aliphatic rings. The van der Waals surface area contributed by atoms with Gasteiger partial charge in [-0.1, -0.05) is 26.8 Å². The van der Waals surface area contributed by atoms with Crippen molar-refractivity contribution in [2.75, 3.05) is 25.6 Å². The van der Waals surface area contributed by atoms with E-state index in [2.05, 4.69) is 64.7 Å². The predicted octanol–water partition coefficient (Wildman–Crippen LogP) is 4.80. The minimum atomic E-state index is -1.95. The number of imidazole rings is 1. The van der Waals surface area contributed by atoms with Crippen LogP contribution in [0.25, 0.3) is 11.5 Å². The Morgan fingerprint density at radius 2 is 1.95 bits per heavy atom. The number of carbonyl (C=O) groups is 2. The number of amides is 2. The van der Waals surface area contributed by atoms with Crippen LogP contribution < -0.4 is 10.1 Å². The van der Waals surface area contributed by atoms with E-state index in [-0.39, 0.29) is 23.0 Å². The molecule has 44 heavy (non-hydrogen) atoms. The number of nitrogens with one attached hydrogen (secondary N) is 1. The van der Waals surface area contributed by atoms with Crippen LogP contribution in [0.5, 0.6) is 5.75 Å². The van der Waals surface area contributed by atoms with Crippen molar-refractivity contribution >= 4 is 26.1 Å². The molecular weight excluding hydrogens is 578 g/mol. The lowest BCUT2D eigenvalue weighted by atomic mass is 9.96. The molecule has 14 heteroatoms. The normalized spacial score (nSPS) is 14.2. The van der Waals surface area contributed by atoms with Crippen molar-refractivity contribution in [3.63, 3.8) is 0 Å². The van der Waals surface area contributed by atoms with E-state index >= 15 is 0 Å². The second kappa shape index (κ2) is 12.3. The topological polar surface area (TPSA) is 142 Å². The van der Waals surface area contributed by atoms with Crippen LogP contribution in [0.15, 0.2) is 49.1 Å². The molecule has 5 rings (SSSR count). The number of carbonyl (C=O) groups excluding carboxylic acids is 2. The van der Waals surface area contributed by atoms with Gasteiger partial charge in [0.2, 0.25) is 5.82 Å². The highest BCUT2D eigenvalue weighted by Crippen LogP contribution is 2.37. The Labute approximate surface area is 257 Å². The second-order valence-electron chi connectivity index (χ2n) is 12.5. The summed E-state index contributed by atoms with van der Waals surface area (Å²) in [7, 11) is -0.422. The molecule has 1 N–H and O–H groups in total. The number of rotatable bonds is 8. The van der Waals surface area contributed by atoms with Crippen molar-refractivity contribution in [1.29, 1.82) is 0 Å². The highest BCUT2D eigenvalue weighted by atomic mass is 28.4. The van der Waals surface area contributed by atoms with Crippen LogP contribution in [0.3, 0.4) is 0 Å². The summed E-state index contributed by atoms with van der Waals surface area (Å²) in [4.78, 5) is 36.8. The number of pyridine rings is 1.